The van der Waals surface area contributed by atoms with Gasteiger partial charge in [0.1, 0.15) is 5.82 Å². The molecule has 4 rings (SSSR count). The standard InChI is InChI=1S/C20H13FN4O2/c21-15-7-5-14(6-8-15)19(26)23-17-4-2-1-3-16(17)20-24-18(25-27-20)13-9-11-22-12-10-13/h1-12H,(H,23,26). The maximum absolute atomic E-state index is 13.0. The van der Waals surface area contributed by atoms with Gasteiger partial charge in [0, 0.05) is 23.5 Å². The topological polar surface area (TPSA) is 80.9 Å². The van der Waals surface area contributed by atoms with E-state index in [1.54, 1.807) is 48.8 Å². The van der Waals surface area contributed by atoms with E-state index in [1.165, 1.54) is 24.3 Å². The second kappa shape index (κ2) is 7.17. The van der Waals surface area contributed by atoms with E-state index in [0.29, 0.717) is 22.6 Å². The van der Waals surface area contributed by atoms with Gasteiger partial charge in [0.15, 0.2) is 0 Å². The van der Waals surface area contributed by atoms with E-state index in [0.717, 1.165) is 5.56 Å². The summed E-state index contributed by atoms with van der Waals surface area (Å²) in [4.78, 5) is 20.8. The van der Waals surface area contributed by atoms with Crippen molar-refractivity contribution in [3.8, 4) is 22.8 Å². The Morgan fingerprint density at radius 2 is 1.70 bits per heavy atom. The van der Waals surface area contributed by atoms with Crippen molar-refractivity contribution in [2.75, 3.05) is 5.32 Å². The minimum atomic E-state index is -0.401. The first-order valence-electron chi connectivity index (χ1n) is 8.11. The number of carbonyl (C=O) groups is 1. The molecule has 0 aliphatic heterocycles. The van der Waals surface area contributed by atoms with Gasteiger partial charge in [-0.3, -0.25) is 9.78 Å². The van der Waals surface area contributed by atoms with Crippen LogP contribution in [0.15, 0.2) is 77.6 Å². The number of amides is 1. The second-order valence-electron chi connectivity index (χ2n) is 5.67. The number of nitrogens with zero attached hydrogens (tertiary/aromatic N) is 3. The maximum Gasteiger partial charge on any atom is 0.260 e. The van der Waals surface area contributed by atoms with Crippen molar-refractivity contribution in [1.82, 2.24) is 15.1 Å². The number of nitrogens with one attached hydrogen (secondary N) is 1. The average Bonchev–Trinajstić information content (AvgIpc) is 3.19. The number of hydrogen-bond acceptors (Lipinski definition) is 5. The molecule has 0 atom stereocenters. The molecule has 0 unspecified atom stereocenters. The highest BCUT2D eigenvalue weighted by Crippen LogP contribution is 2.28. The van der Waals surface area contributed by atoms with Crippen LogP contribution in [0, 0.1) is 5.82 Å². The largest absolute Gasteiger partial charge is 0.334 e. The summed E-state index contributed by atoms with van der Waals surface area (Å²) in [6, 6.07) is 15.9. The Labute approximate surface area is 153 Å². The van der Waals surface area contributed by atoms with Crippen molar-refractivity contribution in [3.63, 3.8) is 0 Å². The van der Waals surface area contributed by atoms with Crippen molar-refractivity contribution in [2.24, 2.45) is 0 Å². The van der Waals surface area contributed by atoms with E-state index < -0.39 is 5.82 Å². The average molecular weight is 360 g/mol. The third-order valence-electron chi connectivity index (χ3n) is 3.88. The molecular weight excluding hydrogens is 347 g/mol. The third kappa shape index (κ3) is 3.57. The third-order valence-corrected chi connectivity index (χ3v) is 3.88. The zero-order chi connectivity index (χ0) is 18.6. The van der Waals surface area contributed by atoms with Gasteiger partial charge in [-0.15, -0.1) is 0 Å². The number of pyridine rings is 1. The van der Waals surface area contributed by atoms with E-state index in [9.17, 15) is 9.18 Å². The van der Waals surface area contributed by atoms with Gasteiger partial charge in [-0.1, -0.05) is 17.3 Å². The molecule has 27 heavy (non-hydrogen) atoms. The Morgan fingerprint density at radius 3 is 2.48 bits per heavy atom. The summed E-state index contributed by atoms with van der Waals surface area (Å²) in [5, 5.41) is 6.78. The molecule has 1 N–H and O–H groups in total. The van der Waals surface area contributed by atoms with E-state index in [2.05, 4.69) is 20.4 Å². The van der Waals surface area contributed by atoms with Crippen LogP contribution in [0.3, 0.4) is 0 Å². The lowest BCUT2D eigenvalue weighted by Crippen LogP contribution is -2.12. The Bertz CT molecular complexity index is 1080. The first kappa shape index (κ1) is 16.6. The summed E-state index contributed by atoms with van der Waals surface area (Å²) >= 11 is 0. The summed E-state index contributed by atoms with van der Waals surface area (Å²) < 4.78 is 18.4. The fourth-order valence-corrected chi connectivity index (χ4v) is 2.53. The van der Waals surface area contributed by atoms with Crippen LogP contribution in [0.25, 0.3) is 22.8 Å². The summed E-state index contributed by atoms with van der Waals surface area (Å²) in [5.41, 5.74) is 2.21. The van der Waals surface area contributed by atoms with Crippen molar-refractivity contribution < 1.29 is 13.7 Å². The summed E-state index contributed by atoms with van der Waals surface area (Å²) in [6.45, 7) is 0. The fourth-order valence-electron chi connectivity index (χ4n) is 2.53. The molecule has 4 aromatic rings. The van der Waals surface area contributed by atoms with Crippen LogP contribution in [-0.2, 0) is 0 Å². The Hall–Kier alpha value is -3.87. The monoisotopic (exact) mass is 360 g/mol. The van der Waals surface area contributed by atoms with Crippen LogP contribution in [0.4, 0.5) is 10.1 Å². The zero-order valence-electron chi connectivity index (χ0n) is 14.0. The summed E-state index contributed by atoms with van der Waals surface area (Å²) in [7, 11) is 0. The summed E-state index contributed by atoms with van der Waals surface area (Å²) in [5.74, 6) is -0.0679. The minimum absolute atomic E-state index is 0.275. The molecule has 0 aliphatic carbocycles. The predicted molar refractivity (Wildman–Crippen MR) is 97.3 cm³/mol. The van der Waals surface area contributed by atoms with Gasteiger partial charge in [0.25, 0.3) is 11.8 Å². The number of aromatic nitrogens is 3. The molecule has 2 aromatic heterocycles. The van der Waals surface area contributed by atoms with Crippen molar-refractivity contribution in [3.05, 3.63) is 84.4 Å². The normalized spacial score (nSPS) is 10.6. The molecule has 0 saturated heterocycles. The number of halogens is 1. The van der Waals surface area contributed by atoms with Gasteiger partial charge in [-0.2, -0.15) is 4.98 Å². The second-order valence-corrected chi connectivity index (χ2v) is 5.67. The van der Waals surface area contributed by atoms with E-state index in [1.807, 2.05) is 0 Å². The highest BCUT2D eigenvalue weighted by atomic mass is 19.1. The van der Waals surface area contributed by atoms with Crippen LogP contribution < -0.4 is 5.32 Å². The molecule has 0 bridgehead atoms. The number of carbonyl (C=O) groups excluding carboxylic acids is 1. The van der Waals surface area contributed by atoms with Crippen molar-refractivity contribution >= 4 is 11.6 Å². The van der Waals surface area contributed by atoms with Crippen LogP contribution in [0.2, 0.25) is 0 Å². The molecule has 2 aromatic carbocycles. The lowest BCUT2D eigenvalue weighted by atomic mass is 10.1. The molecular formula is C20H13FN4O2. The molecule has 0 spiro atoms. The van der Waals surface area contributed by atoms with Crippen LogP contribution in [0.1, 0.15) is 10.4 Å². The van der Waals surface area contributed by atoms with Gasteiger partial charge in [-0.25, -0.2) is 4.39 Å². The Morgan fingerprint density at radius 1 is 0.963 bits per heavy atom. The number of hydrogen-bond donors (Lipinski definition) is 1. The number of rotatable bonds is 4. The van der Waals surface area contributed by atoms with Crippen LogP contribution in [-0.4, -0.2) is 21.0 Å². The van der Waals surface area contributed by atoms with Gasteiger partial charge >= 0.3 is 0 Å². The molecule has 0 aliphatic rings. The smallest absolute Gasteiger partial charge is 0.260 e. The molecule has 132 valence electrons. The van der Waals surface area contributed by atoms with Crippen molar-refractivity contribution in [1.29, 1.82) is 0 Å². The molecule has 7 heteroatoms. The SMILES string of the molecule is O=C(Nc1ccccc1-c1nc(-c2ccncc2)no1)c1ccc(F)cc1. The molecule has 0 saturated carbocycles. The maximum atomic E-state index is 13.0. The van der Waals surface area contributed by atoms with Gasteiger partial charge in [0.2, 0.25) is 5.82 Å². The first-order valence-corrected chi connectivity index (χ1v) is 8.11. The highest BCUT2D eigenvalue weighted by molar-refractivity contribution is 6.05. The van der Waals surface area contributed by atoms with E-state index >= 15 is 0 Å². The number of para-hydroxylation sites is 1. The highest BCUT2D eigenvalue weighted by Gasteiger charge is 2.16. The van der Waals surface area contributed by atoms with Crippen LogP contribution >= 0.6 is 0 Å². The zero-order valence-corrected chi connectivity index (χ0v) is 14.0. The van der Waals surface area contributed by atoms with Gasteiger partial charge < -0.3 is 9.84 Å². The Kier molecular flexibility index (Phi) is 4.40. The van der Waals surface area contributed by atoms with Gasteiger partial charge in [-0.05, 0) is 48.5 Å². The Balaban J connectivity index is 1.63. The van der Waals surface area contributed by atoms with Crippen LogP contribution in [0.5, 0.6) is 0 Å². The molecule has 0 fully saturated rings. The summed E-state index contributed by atoms with van der Waals surface area (Å²) in [6.07, 6.45) is 3.28. The fraction of sp³-hybridized carbons (Fsp3) is 0. The quantitative estimate of drug-likeness (QED) is 0.590. The number of anilines is 1. The van der Waals surface area contributed by atoms with E-state index in [4.69, 9.17) is 4.52 Å². The number of benzene rings is 2. The lowest BCUT2D eigenvalue weighted by Gasteiger charge is -2.08. The molecule has 1 amide bonds. The lowest BCUT2D eigenvalue weighted by molar-refractivity contribution is 0.102. The molecule has 6 nitrogen and oxygen atoms in total. The van der Waals surface area contributed by atoms with E-state index in [-0.39, 0.29) is 11.8 Å². The predicted octanol–water partition coefficient (Wildman–Crippen LogP) is 4.19. The van der Waals surface area contributed by atoms with Crippen molar-refractivity contribution in [2.45, 2.75) is 0 Å². The first-order chi connectivity index (χ1) is 13.2. The molecule has 0 radical (unpaired) electrons. The molecule has 2 heterocycles. The van der Waals surface area contributed by atoms with Gasteiger partial charge in [0.05, 0.1) is 11.3 Å². The minimum Gasteiger partial charge on any atom is -0.334 e.